The lowest BCUT2D eigenvalue weighted by Gasteiger charge is -2.31. The first-order valence-corrected chi connectivity index (χ1v) is 12.4. The Morgan fingerprint density at radius 2 is 1.94 bits per heavy atom. The van der Waals surface area contributed by atoms with E-state index in [4.69, 9.17) is 27.9 Å². The maximum Gasteiger partial charge on any atom is 0.229 e. The molecule has 1 aromatic heterocycles. The van der Waals surface area contributed by atoms with Gasteiger partial charge in [-0.25, -0.2) is 0 Å². The number of hydrogen-bond donors (Lipinski definition) is 1. The van der Waals surface area contributed by atoms with E-state index in [1.54, 1.807) is 13.3 Å². The molecule has 5 nitrogen and oxygen atoms in total. The van der Waals surface area contributed by atoms with Crippen molar-refractivity contribution in [2.45, 2.75) is 46.2 Å². The van der Waals surface area contributed by atoms with Crippen LogP contribution >= 0.6 is 23.2 Å². The van der Waals surface area contributed by atoms with Crippen molar-refractivity contribution in [3.05, 3.63) is 65.3 Å². The molecule has 0 aliphatic heterocycles. The topological polar surface area (TPSA) is 54.5 Å². The second-order valence-electron chi connectivity index (χ2n) is 9.31. The van der Waals surface area contributed by atoms with Crippen molar-refractivity contribution < 1.29 is 9.53 Å². The third kappa shape index (κ3) is 6.77. The summed E-state index contributed by atoms with van der Waals surface area (Å²) in [5.74, 6) is 1.12. The molecule has 0 radical (unpaired) electrons. The Morgan fingerprint density at radius 3 is 2.62 bits per heavy atom. The normalized spacial score (nSPS) is 12.4. The number of benzene rings is 2. The monoisotopic (exact) mass is 501 g/mol. The van der Waals surface area contributed by atoms with Crippen molar-refractivity contribution in [2.24, 2.45) is 5.41 Å². The molecule has 0 fully saturated rings. The number of nitrogens with one attached hydrogen (secondary N) is 1. The standard InChI is InChI=1S/C27H33Cl2N3O2/c1-19(31-24-16-23(34-4)15-21-8-5-13-30-25(21)24)7-6-14-32(26(33)27(2,3)18-28)17-20-9-11-22(29)12-10-20/h5,8-13,15-16,19,31H,6-7,14,17-18H2,1-4H3. The van der Waals surface area contributed by atoms with Gasteiger partial charge in [0.25, 0.3) is 0 Å². The zero-order chi connectivity index (χ0) is 24.7. The Balaban J connectivity index is 1.67. The average molecular weight is 502 g/mol. The summed E-state index contributed by atoms with van der Waals surface area (Å²) < 4.78 is 5.46. The number of carbonyl (C=O) groups excluding carboxylic acids is 1. The lowest BCUT2D eigenvalue weighted by Crippen LogP contribution is -2.42. The first-order valence-electron chi connectivity index (χ1n) is 11.5. The van der Waals surface area contributed by atoms with Crippen LogP contribution in [0.1, 0.15) is 39.2 Å². The van der Waals surface area contributed by atoms with Crippen LogP contribution in [-0.2, 0) is 11.3 Å². The molecule has 3 aromatic rings. The average Bonchev–Trinajstić information content (AvgIpc) is 2.84. The quantitative estimate of drug-likeness (QED) is 0.294. The Hall–Kier alpha value is -2.50. The minimum atomic E-state index is -0.622. The number of anilines is 1. The van der Waals surface area contributed by atoms with Crippen LogP contribution in [0.4, 0.5) is 5.69 Å². The zero-order valence-corrected chi connectivity index (χ0v) is 21.8. The van der Waals surface area contributed by atoms with Gasteiger partial charge in [-0.2, -0.15) is 0 Å². The molecule has 182 valence electrons. The molecule has 3 rings (SSSR count). The number of aromatic nitrogens is 1. The molecule has 1 amide bonds. The molecule has 0 bridgehead atoms. The van der Waals surface area contributed by atoms with E-state index in [2.05, 4.69) is 17.2 Å². The molecule has 1 atom stereocenters. The predicted octanol–water partition coefficient (Wildman–Crippen LogP) is 6.77. The van der Waals surface area contributed by atoms with E-state index in [0.717, 1.165) is 40.7 Å². The van der Waals surface area contributed by atoms with Crippen LogP contribution in [0.3, 0.4) is 0 Å². The van der Waals surface area contributed by atoms with Gasteiger partial charge in [0.15, 0.2) is 0 Å². The van der Waals surface area contributed by atoms with Crippen molar-refractivity contribution in [1.29, 1.82) is 0 Å². The highest BCUT2D eigenvalue weighted by molar-refractivity contribution is 6.30. The number of alkyl halides is 1. The number of pyridine rings is 1. The zero-order valence-electron chi connectivity index (χ0n) is 20.3. The van der Waals surface area contributed by atoms with Crippen LogP contribution in [-0.4, -0.2) is 41.4 Å². The summed E-state index contributed by atoms with van der Waals surface area (Å²) in [7, 11) is 1.67. The Kier molecular flexibility index (Phi) is 9.03. The van der Waals surface area contributed by atoms with Crippen LogP contribution in [0.5, 0.6) is 5.75 Å². The van der Waals surface area contributed by atoms with Crippen molar-refractivity contribution >= 4 is 45.7 Å². The highest BCUT2D eigenvalue weighted by Gasteiger charge is 2.31. The van der Waals surface area contributed by atoms with Crippen molar-refractivity contribution in [3.63, 3.8) is 0 Å². The fourth-order valence-corrected chi connectivity index (χ4v) is 4.11. The van der Waals surface area contributed by atoms with Gasteiger partial charge in [-0.15, -0.1) is 11.6 Å². The van der Waals surface area contributed by atoms with Crippen LogP contribution in [0.2, 0.25) is 5.02 Å². The number of rotatable bonds is 11. The van der Waals surface area contributed by atoms with Crippen LogP contribution in [0, 0.1) is 5.41 Å². The van der Waals surface area contributed by atoms with Crippen LogP contribution in [0.25, 0.3) is 10.9 Å². The van der Waals surface area contributed by atoms with Gasteiger partial charge in [-0.05, 0) is 63.4 Å². The minimum absolute atomic E-state index is 0.0565. The smallest absolute Gasteiger partial charge is 0.229 e. The molecule has 0 saturated carbocycles. The van der Waals surface area contributed by atoms with Gasteiger partial charge in [0, 0.05) is 47.7 Å². The molecular weight excluding hydrogens is 469 g/mol. The van der Waals surface area contributed by atoms with Gasteiger partial charge in [-0.1, -0.05) is 29.8 Å². The molecular formula is C27H33Cl2N3O2. The molecule has 0 aliphatic carbocycles. The van der Waals surface area contributed by atoms with Gasteiger partial charge in [0.1, 0.15) is 5.75 Å². The highest BCUT2D eigenvalue weighted by atomic mass is 35.5. The minimum Gasteiger partial charge on any atom is -0.497 e. The second-order valence-corrected chi connectivity index (χ2v) is 10.0. The van der Waals surface area contributed by atoms with Gasteiger partial charge in [0.2, 0.25) is 5.91 Å². The van der Waals surface area contributed by atoms with Gasteiger partial charge < -0.3 is 15.0 Å². The second kappa shape index (κ2) is 11.8. The van der Waals surface area contributed by atoms with Gasteiger partial charge >= 0.3 is 0 Å². The third-order valence-corrected chi connectivity index (χ3v) is 6.79. The molecule has 0 spiro atoms. The number of hydrogen-bond acceptors (Lipinski definition) is 4. The van der Waals surface area contributed by atoms with Crippen LogP contribution in [0.15, 0.2) is 54.7 Å². The maximum absolute atomic E-state index is 13.2. The fourth-order valence-electron chi connectivity index (χ4n) is 3.87. The number of methoxy groups -OCH3 is 1. The number of carbonyl (C=O) groups is 1. The van der Waals surface area contributed by atoms with Gasteiger partial charge in [0.05, 0.1) is 23.7 Å². The van der Waals surface area contributed by atoms with E-state index in [1.165, 1.54) is 0 Å². The van der Waals surface area contributed by atoms with E-state index >= 15 is 0 Å². The predicted molar refractivity (Wildman–Crippen MR) is 142 cm³/mol. The van der Waals surface area contributed by atoms with E-state index in [0.29, 0.717) is 18.1 Å². The summed E-state index contributed by atoms with van der Waals surface area (Å²) in [5, 5.41) is 5.29. The van der Waals surface area contributed by atoms with Crippen molar-refractivity contribution in [3.8, 4) is 5.75 Å². The first kappa shape index (κ1) is 26.1. The highest BCUT2D eigenvalue weighted by Crippen LogP contribution is 2.29. The summed E-state index contributed by atoms with van der Waals surface area (Å²) >= 11 is 12.1. The lowest BCUT2D eigenvalue weighted by molar-refractivity contribution is -0.140. The van der Waals surface area contributed by atoms with Crippen molar-refractivity contribution in [2.75, 3.05) is 24.9 Å². The molecule has 1 N–H and O–H groups in total. The summed E-state index contributed by atoms with van der Waals surface area (Å²) in [4.78, 5) is 19.7. The molecule has 2 aromatic carbocycles. The summed E-state index contributed by atoms with van der Waals surface area (Å²) in [5.41, 5.74) is 2.28. The van der Waals surface area contributed by atoms with E-state index in [-0.39, 0.29) is 17.8 Å². The first-order chi connectivity index (χ1) is 16.2. The van der Waals surface area contributed by atoms with Crippen LogP contribution < -0.4 is 10.1 Å². The molecule has 0 saturated heterocycles. The van der Waals surface area contributed by atoms with E-state index in [1.807, 2.05) is 67.3 Å². The van der Waals surface area contributed by atoms with E-state index < -0.39 is 5.41 Å². The molecule has 7 heteroatoms. The largest absolute Gasteiger partial charge is 0.497 e. The van der Waals surface area contributed by atoms with Gasteiger partial charge in [-0.3, -0.25) is 9.78 Å². The summed E-state index contributed by atoms with van der Waals surface area (Å²) in [6.45, 7) is 7.10. The number of nitrogens with zero attached hydrogens (tertiary/aromatic N) is 2. The van der Waals surface area contributed by atoms with Crippen molar-refractivity contribution in [1.82, 2.24) is 9.88 Å². The number of ether oxygens (including phenoxy) is 1. The fraction of sp³-hybridized carbons (Fsp3) is 0.407. The Bertz CT molecular complexity index is 1100. The summed E-state index contributed by atoms with van der Waals surface area (Å²) in [6.07, 6.45) is 3.53. The number of amides is 1. The van der Waals surface area contributed by atoms with E-state index in [9.17, 15) is 4.79 Å². The molecule has 1 unspecified atom stereocenters. The summed E-state index contributed by atoms with van der Waals surface area (Å²) in [6, 6.07) is 15.7. The number of halogens is 2. The molecule has 34 heavy (non-hydrogen) atoms. The molecule has 1 heterocycles. The Labute approximate surface area is 212 Å². The molecule has 0 aliphatic rings. The lowest BCUT2D eigenvalue weighted by atomic mass is 9.93. The maximum atomic E-state index is 13.2. The third-order valence-electron chi connectivity index (χ3n) is 5.87. The Morgan fingerprint density at radius 1 is 1.21 bits per heavy atom. The number of fused-ring (bicyclic) bond motifs is 1. The SMILES string of the molecule is COc1cc(NC(C)CCCN(Cc2ccc(Cl)cc2)C(=O)C(C)(C)CCl)c2ncccc2c1.